The number of thiazole rings is 1. The Kier molecular flexibility index (Phi) is 4.83. The van der Waals surface area contributed by atoms with Gasteiger partial charge in [0.25, 0.3) is 5.91 Å². The highest BCUT2D eigenvalue weighted by molar-refractivity contribution is 7.13. The minimum Gasteiger partial charge on any atom is -0.382 e. The van der Waals surface area contributed by atoms with Crippen LogP contribution in [0.25, 0.3) is 11.0 Å². The molecule has 8 heteroatoms. The van der Waals surface area contributed by atoms with Crippen molar-refractivity contribution in [1.82, 2.24) is 19.7 Å². The van der Waals surface area contributed by atoms with E-state index in [-0.39, 0.29) is 5.91 Å². The third-order valence-corrected chi connectivity index (χ3v) is 5.72. The molecule has 1 amide bonds. The molecule has 1 aliphatic carbocycles. The van der Waals surface area contributed by atoms with Crippen molar-refractivity contribution in [2.45, 2.75) is 44.6 Å². The van der Waals surface area contributed by atoms with Crippen LogP contribution in [0.1, 0.15) is 44.6 Å². The van der Waals surface area contributed by atoms with Gasteiger partial charge in [-0.1, -0.05) is 32.1 Å². The molecule has 3 aromatic rings. The summed E-state index contributed by atoms with van der Waals surface area (Å²) in [6.07, 6.45) is 10.1. The van der Waals surface area contributed by atoms with Crippen molar-refractivity contribution in [3.63, 3.8) is 0 Å². The lowest BCUT2D eigenvalue weighted by molar-refractivity contribution is -0.120. The third-order valence-electron chi connectivity index (χ3n) is 5.03. The summed E-state index contributed by atoms with van der Waals surface area (Å²) >= 11 is 1.40. The number of carbonyl (C=O) groups excluding carboxylic acids is 1. The molecule has 1 unspecified atom stereocenters. The second-order valence-electron chi connectivity index (χ2n) is 6.78. The van der Waals surface area contributed by atoms with Crippen LogP contribution in [0.2, 0.25) is 0 Å². The molecule has 3 aromatic heterocycles. The van der Waals surface area contributed by atoms with Crippen molar-refractivity contribution >= 4 is 39.2 Å². The van der Waals surface area contributed by atoms with Gasteiger partial charge >= 0.3 is 0 Å². The first-order valence-corrected chi connectivity index (χ1v) is 9.89. The predicted octanol–water partition coefficient (Wildman–Crippen LogP) is 3.62. The summed E-state index contributed by atoms with van der Waals surface area (Å²) in [7, 11) is 0. The van der Waals surface area contributed by atoms with E-state index >= 15 is 0 Å². The summed E-state index contributed by atoms with van der Waals surface area (Å²) in [4.78, 5) is 21.5. The molecule has 3 heterocycles. The minimum atomic E-state index is -0.462. The zero-order chi connectivity index (χ0) is 17.9. The van der Waals surface area contributed by atoms with E-state index in [4.69, 9.17) is 5.73 Å². The van der Waals surface area contributed by atoms with E-state index in [1.807, 2.05) is 17.5 Å². The van der Waals surface area contributed by atoms with E-state index in [0.29, 0.717) is 27.9 Å². The fourth-order valence-corrected chi connectivity index (χ4v) is 4.25. The number of hydrogen-bond donors (Lipinski definition) is 2. The molecule has 0 bridgehead atoms. The molecule has 0 radical (unpaired) electrons. The van der Waals surface area contributed by atoms with Gasteiger partial charge in [-0.25, -0.2) is 9.67 Å². The van der Waals surface area contributed by atoms with Gasteiger partial charge in [0.2, 0.25) is 0 Å². The Morgan fingerprint density at radius 1 is 1.31 bits per heavy atom. The SMILES string of the molecule is Nc1c2ncccc2nn1C(CC1CCCCC1)C(=O)Nc1nccs1. The average Bonchev–Trinajstić information content (AvgIpc) is 3.29. The molecule has 1 atom stereocenters. The van der Waals surface area contributed by atoms with Crippen molar-refractivity contribution in [3.05, 3.63) is 29.9 Å². The van der Waals surface area contributed by atoms with Gasteiger partial charge < -0.3 is 11.1 Å². The molecule has 0 aliphatic heterocycles. The van der Waals surface area contributed by atoms with Gasteiger partial charge in [-0.3, -0.25) is 9.78 Å². The first-order valence-electron chi connectivity index (χ1n) is 9.01. The Labute approximate surface area is 155 Å². The topological polar surface area (TPSA) is 98.7 Å². The van der Waals surface area contributed by atoms with Gasteiger partial charge in [0.05, 0.1) is 0 Å². The molecule has 3 N–H and O–H groups in total. The molecular weight excluding hydrogens is 348 g/mol. The summed E-state index contributed by atoms with van der Waals surface area (Å²) in [5.41, 5.74) is 7.65. The van der Waals surface area contributed by atoms with Crippen LogP contribution < -0.4 is 11.1 Å². The number of pyridine rings is 1. The van der Waals surface area contributed by atoms with Gasteiger partial charge in [0.15, 0.2) is 5.13 Å². The number of nitrogens with zero attached hydrogens (tertiary/aromatic N) is 4. The van der Waals surface area contributed by atoms with Crippen molar-refractivity contribution in [3.8, 4) is 0 Å². The number of rotatable bonds is 5. The summed E-state index contributed by atoms with van der Waals surface area (Å²) in [5.74, 6) is 0.830. The number of nitrogens with one attached hydrogen (secondary N) is 1. The summed E-state index contributed by atoms with van der Waals surface area (Å²) in [5, 5.41) is 9.93. The normalized spacial score (nSPS) is 16.6. The highest BCUT2D eigenvalue weighted by Crippen LogP contribution is 2.33. The smallest absolute Gasteiger partial charge is 0.251 e. The molecule has 7 nitrogen and oxygen atoms in total. The Hall–Kier alpha value is -2.48. The van der Waals surface area contributed by atoms with Crippen LogP contribution in [0.5, 0.6) is 0 Å². The predicted molar refractivity (Wildman–Crippen MR) is 103 cm³/mol. The number of carbonyl (C=O) groups is 1. The number of amides is 1. The Balaban J connectivity index is 1.66. The average molecular weight is 370 g/mol. The third kappa shape index (κ3) is 3.41. The van der Waals surface area contributed by atoms with Crippen molar-refractivity contribution in [1.29, 1.82) is 0 Å². The Bertz CT molecular complexity index is 884. The van der Waals surface area contributed by atoms with Crippen LogP contribution in [0.15, 0.2) is 29.9 Å². The van der Waals surface area contributed by atoms with Gasteiger partial charge in [-0.2, -0.15) is 5.10 Å². The lowest BCUT2D eigenvalue weighted by atomic mass is 9.84. The zero-order valence-corrected chi connectivity index (χ0v) is 15.3. The van der Waals surface area contributed by atoms with E-state index in [2.05, 4.69) is 20.4 Å². The van der Waals surface area contributed by atoms with E-state index in [1.165, 1.54) is 30.6 Å². The molecule has 0 spiro atoms. The summed E-state index contributed by atoms with van der Waals surface area (Å²) < 4.78 is 1.65. The molecular formula is C18H22N6OS. The van der Waals surface area contributed by atoms with Crippen LogP contribution >= 0.6 is 11.3 Å². The van der Waals surface area contributed by atoms with Crippen LogP contribution in [-0.4, -0.2) is 25.7 Å². The van der Waals surface area contributed by atoms with Crippen LogP contribution in [0.3, 0.4) is 0 Å². The number of hydrogen-bond acceptors (Lipinski definition) is 6. The summed E-state index contributed by atoms with van der Waals surface area (Å²) in [6.45, 7) is 0. The van der Waals surface area contributed by atoms with Crippen molar-refractivity contribution in [2.24, 2.45) is 5.92 Å². The number of nitrogens with two attached hydrogens (primary N) is 1. The lowest BCUT2D eigenvalue weighted by Gasteiger charge is -2.26. The van der Waals surface area contributed by atoms with Gasteiger partial charge in [0, 0.05) is 17.8 Å². The van der Waals surface area contributed by atoms with E-state index in [0.717, 1.165) is 19.3 Å². The molecule has 0 aromatic carbocycles. The quantitative estimate of drug-likeness (QED) is 0.715. The molecule has 1 fully saturated rings. The largest absolute Gasteiger partial charge is 0.382 e. The first kappa shape index (κ1) is 17.0. The molecule has 26 heavy (non-hydrogen) atoms. The number of aromatic nitrogens is 4. The maximum absolute atomic E-state index is 13.0. The highest BCUT2D eigenvalue weighted by Gasteiger charge is 2.29. The molecule has 1 saturated carbocycles. The van der Waals surface area contributed by atoms with Crippen LogP contribution in [0.4, 0.5) is 10.9 Å². The Morgan fingerprint density at radius 3 is 2.88 bits per heavy atom. The number of nitrogen functional groups attached to an aromatic ring is 1. The van der Waals surface area contributed by atoms with E-state index in [1.54, 1.807) is 17.1 Å². The Morgan fingerprint density at radius 2 is 2.15 bits per heavy atom. The van der Waals surface area contributed by atoms with Gasteiger partial charge in [-0.05, 0) is 24.5 Å². The minimum absolute atomic E-state index is 0.120. The van der Waals surface area contributed by atoms with E-state index in [9.17, 15) is 4.79 Å². The van der Waals surface area contributed by atoms with Crippen LogP contribution in [0, 0.1) is 5.92 Å². The fraction of sp³-hybridized carbons (Fsp3) is 0.444. The highest BCUT2D eigenvalue weighted by atomic mass is 32.1. The maximum atomic E-state index is 13.0. The molecule has 4 rings (SSSR count). The zero-order valence-electron chi connectivity index (χ0n) is 14.5. The lowest BCUT2D eigenvalue weighted by Crippen LogP contribution is -2.30. The number of anilines is 2. The molecule has 1 aliphatic rings. The number of fused-ring (bicyclic) bond motifs is 1. The second-order valence-corrected chi connectivity index (χ2v) is 7.68. The monoisotopic (exact) mass is 370 g/mol. The van der Waals surface area contributed by atoms with E-state index < -0.39 is 6.04 Å². The van der Waals surface area contributed by atoms with Crippen LogP contribution in [-0.2, 0) is 4.79 Å². The first-order chi connectivity index (χ1) is 12.7. The second kappa shape index (κ2) is 7.41. The fourth-order valence-electron chi connectivity index (χ4n) is 3.72. The molecule has 136 valence electrons. The van der Waals surface area contributed by atoms with Gasteiger partial charge in [0.1, 0.15) is 22.9 Å². The standard InChI is InChI=1S/C18H22N6OS/c19-16-15-13(7-4-8-20-15)23-24(16)14(11-12-5-2-1-3-6-12)17(25)22-18-21-9-10-26-18/h4,7-10,12,14H,1-3,5-6,11,19H2,(H,21,22,25). The van der Waals surface area contributed by atoms with Gasteiger partial charge in [-0.15, -0.1) is 11.3 Å². The van der Waals surface area contributed by atoms with Crippen molar-refractivity contribution < 1.29 is 4.79 Å². The molecule has 0 saturated heterocycles. The summed E-state index contributed by atoms with van der Waals surface area (Å²) in [6, 6.07) is 3.23. The maximum Gasteiger partial charge on any atom is 0.251 e. The van der Waals surface area contributed by atoms with Crippen molar-refractivity contribution in [2.75, 3.05) is 11.1 Å².